The van der Waals surface area contributed by atoms with Gasteiger partial charge in [-0.25, -0.2) is 9.37 Å². The van der Waals surface area contributed by atoms with Gasteiger partial charge in [0.15, 0.2) is 5.96 Å². The van der Waals surface area contributed by atoms with Gasteiger partial charge in [-0.3, -0.25) is 4.99 Å². The minimum atomic E-state index is -0.201. The lowest BCUT2D eigenvalue weighted by molar-refractivity contribution is 0.312. The molecule has 0 aliphatic carbocycles. The average molecular weight is 512 g/mol. The molecule has 2 heterocycles. The molecule has 0 bridgehead atoms. The molecule has 8 heteroatoms. The minimum Gasteiger partial charge on any atom is -0.356 e. The van der Waals surface area contributed by atoms with Gasteiger partial charge in [-0.1, -0.05) is 18.2 Å². The number of anilines is 1. The van der Waals surface area contributed by atoms with Crippen LogP contribution in [0.1, 0.15) is 11.1 Å². The number of rotatable bonds is 6. The zero-order valence-electron chi connectivity index (χ0n) is 17.1. The van der Waals surface area contributed by atoms with Crippen LogP contribution in [0.2, 0.25) is 0 Å². The van der Waals surface area contributed by atoms with E-state index in [-0.39, 0.29) is 29.8 Å². The zero-order valence-corrected chi connectivity index (χ0v) is 19.4. The summed E-state index contributed by atoms with van der Waals surface area (Å²) in [5.41, 5.74) is 2.12. The van der Waals surface area contributed by atoms with Crippen molar-refractivity contribution in [2.75, 3.05) is 51.7 Å². The molecule has 29 heavy (non-hydrogen) atoms. The quantitative estimate of drug-likeness (QED) is 0.354. The van der Waals surface area contributed by atoms with Crippen LogP contribution in [0, 0.1) is 5.82 Å². The summed E-state index contributed by atoms with van der Waals surface area (Å²) in [4.78, 5) is 13.6. The van der Waals surface area contributed by atoms with E-state index in [1.54, 1.807) is 19.2 Å². The Morgan fingerprint density at radius 3 is 2.66 bits per heavy atom. The molecule has 1 aromatic heterocycles. The first-order chi connectivity index (χ1) is 13.7. The highest BCUT2D eigenvalue weighted by Gasteiger charge is 2.17. The van der Waals surface area contributed by atoms with Gasteiger partial charge in [0, 0.05) is 58.1 Å². The van der Waals surface area contributed by atoms with E-state index in [0.717, 1.165) is 55.5 Å². The van der Waals surface area contributed by atoms with Gasteiger partial charge in [0.25, 0.3) is 0 Å². The van der Waals surface area contributed by atoms with Crippen molar-refractivity contribution in [3.63, 3.8) is 0 Å². The summed E-state index contributed by atoms with van der Waals surface area (Å²) in [6.45, 7) is 5.40. The normalized spacial score (nSPS) is 15.0. The summed E-state index contributed by atoms with van der Waals surface area (Å²) < 4.78 is 13.3. The first-order valence-electron chi connectivity index (χ1n) is 9.72. The monoisotopic (exact) mass is 512 g/mol. The molecule has 158 valence electrons. The molecule has 1 aliphatic rings. The second-order valence-electron chi connectivity index (χ2n) is 7.01. The maximum Gasteiger partial charge on any atom is 0.191 e. The van der Waals surface area contributed by atoms with E-state index in [1.165, 1.54) is 6.07 Å². The lowest BCUT2D eigenvalue weighted by atomic mass is 10.1. The van der Waals surface area contributed by atoms with Crippen LogP contribution in [-0.4, -0.2) is 62.7 Å². The third kappa shape index (κ3) is 7.11. The second-order valence-corrected chi connectivity index (χ2v) is 7.01. The van der Waals surface area contributed by atoms with Crippen LogP contribution < -0.4 is 15.5 Å². The third-order valence-electron chi connectivity index (χ3n) is 4.94. The molecule has 1 fully saturated rings. The highest BCUT2D eigenvalue weighted by molar-refractivity contribution is 14.0. The molecular formula is C21H30FIN6. The van der Waals surface area contributed by atoms with E-state index in [1.807, 2.05) is 18.3 Å². The van der Waals surface area contributed by atoms with Crippen molar-refractivity contribution >= 4 is 35.8 Å². The molecular weight excluding hydrogens is 482 g/mol. The van der Waals surface area contributed by atoms with Gasteiger partial charge in [-0.2, -0.15) is 0 Å². The van der Waals surface area contributed by atoms with E-state index in [2.05, 4.69) is 43.5 Å². The molecule has 3 rings (SSSR count). The molecule has 0 radical (unpaired) electrons. The number of guanidine groups is 1. The molecule has 0 atom stereocenters. The predicted octanol–water partition coefficient (Wildman–Crippen LogP) is 2.50. The van der Waals surface area contributed by atoms with Crippen LogP contribution in [0.5, 0.6) is 0 Å². The number of hydrogen-bond donors (Lipinski definition) is 2. The van der Waals surface area contributed by atoms with E-state index in [0.29, 0.717) is 13.1 Å². The Kier molecular flexibility index (Phi) is 9.59. The average Bonchev–Trinajstić information content (AvgIpc) is 2.71. The van der Waals surface area contributed by atoms with Gasteiger partial charge < -0.3 is 20.4 Å². The summed E-state index contributed by atoms with van der Waals surface area (Å²) in [6.07, 6.45) is 2.58. The predicted molar refractivity (Wildman–Crippen MR) is 128 cm³/mol. The van der Waals surface area contributed by atoms with Crippen LogP contribution in [0.4, 0.5) is 10.2 Å². The number of piperazine rings is 1. The Bertz CT molecular complexity index is 792. The summed E-state index contributed by atoms with van der Waals surface area (Å²) >= 11 is 0. The Morgan fingerprint density at radius 1 is 1.14 bits per heavy atom. The van der Waals surface area contributed by atoms with Crippen LogP contribution in [0.25, 0.3) is 0 Å². The fourth-order valence-corrected chi connectivity index (χ4v) is 3.29. The number of halogens is 2. The van der Waals surface area contributed by atoms with Crippen LogP contribution in [0.15, 0.2) is 47.6 Å². The maximum atomic E-state index is 13.3. The van der Waals surface area contributed by atoms with E-state index >= 15 is 0 Å². The molecule has 0 unspecified atom stereocenters. The molecule has 1 aromatic carbocycles. The van der Waals surface area contributed by atoms with Crippen LogP contribution in [-0.2, 0) is 13.0 Å². The van der Waals surface area contributed by atoms with E-state index < -0.39 is 0 Å². The SMILES string of the molecule is CN=C(NCCc1cccc(F)c1)NCc1cccnc1N1CCN(C)CC1.I. The van der Waals surface area contributed by atoms with Gasteiger partial charge >= 0.3 is 0 Å². The Hall–Kier alpha value is -1.94. The minimum absolute atomic E-state index is 0. The number of hydrogen-bond acceptors (Lipinski definition) is 4. The van der Waals surface area contributed by atoms with E-state index in [9.17, 15) is 4.39 Å². The molecule has 2 aromatic rings. The van der Waals surface area contributed by atoms with Gasteiger partial charge in [0.1, 0.15) is 11.6 Å². The van der Waals surface area contributed by atoms with E-state index in [4.69, 9.17) is 0 Å². The lowest BCUT2D eigenvalue weighted by Crippen LogP contribution is -2.45. The Morgan fingerprint density at radius 2 is 1.93 bits per heavy atom. The Balaban J connectivity index is 0.00000300. The number of benzene rings is 1. The lowest BCUT2D eigenvalue weighted by Gasteiger charge is -2.34. The van der Waals surface area contributed by atoms with Crippen molar-refractivity contribution in [3.05, 3.63) is 59.5 Å². The second kappa shape index (κ2) is 11.9. The smallest absolute Gasteiger partial charge is 0.191 e. The molecule has 1 saturated heterocycles. The van der Waals surface area contributed by atoms with Gasteiger partial charge in [0.2, 0.25) is 0 Å². The van der Waals surface area contributed by atoms with Crippen molar-refractivity contribution in [1.82, 2.24) is 20.5 Å². The topological polar surface area (TPSA) is 55.8 Å². The number of pyridine rings is 1. The van der Waals surface area contributed by atoms with Gasteiger partial charge in [-0.15, -0.1) is 24.0 Å². The van der Waals surface area contributed by atoms with Crippen molar-refractivity contribution in [2.45, 2.75) is 13.0 Å². The summed E-state index contributed by atoms with van der Waals surface area (Å²) in [7, 11) is 3.90. The van der Waals surface area contributed by atoms with Gasteiger partial charge in [-0.05, 0) is 37.2 Å². The number of aliphatic imine (C=N–C) groups is 1. The van der Waals surface area contributed by atoms with Crippen molar-refractivity contribution in [3.8, 4) is 0 Å². The number of likely N-dealkylation sites (N-methyl/N-ethyl adjacent to an activating group) is 1. The third-order valence-corrected chi connectivity index (χ3v) is 4.94. The number of nitrogens with zero attached hydrogens (tertiary/aromatic N) is 4. The molecule has 0 spiro atoms. The molecule has 6 nitrogen and oxygen atoms in total. The first kappa shape index (κ1) is 23.3. The van der Waals surface area contributed by atoms with Crippen LogP contribution in [0.3, 0.4) is 0 Å². The number of nitrogens with one attached hydrogen (secondary N) is 2. The maximum absolute atomic E-state index is 13.3. The first-order valence-corrected chi connectivity index (χ1v) is 9.72. The van der Waals surface area contributed by atoms with Gasteiger partial charge in [0.05, 0.1) is 0 Å². The zero-order chi connectivity index (χ0) is 19.8. The van der Waals surface area contributed by atoms with Crippen molar-refractivity contribution in [2.24, 2.45) is 4.99 Å². The highest BCUT2D eigenvalue weighted by atomic mass is 127. The van der Waals surface area contributed by atoms with Crippen LogP contribution >= 0.6 is 24.0 Å². The summed E-state index contributed by atoms with van der Waals surface area (Å²) in [5.74, 6) is 1.57. The summed E-state index contributed by atoms with van der Waals surface area (Å²) in [5, 5.41) is 6.65. The fraction of sp³-hybridized carbons (Fsp3) is 0.429. The molecule has 1 aliphatic heterocycles. The van der Waals surface area contributed by atoms with Crippen molar-refractivity contribution in [1.29, 1.82) is 0 Å². The standard InChI is InChI=1S/C21H29FN6.HI/c1-23-21(25-10-8-17-5-3-7-19(22)15-17)26-16-18-6-4-9-24-20(18)28-13-11-27(2)12-14-28;/h3-7,9,15H,8,10-14,16H2,1-2H3,(H2,23,25,26);1H. The number of aromatic nitrogens is 1. The summed E-state index contributed by atoms with van der Waals surface area (Å²) in [6, 6.07) is 10.8. The van der Waals surface area contributed by atoms with Crippen molar-refractivity contribution < 1.29 is 4.39 Å². The molecule has 0 saturated carbocycles. The highest BCUT2D eigenvalue weighted by Crippen LogP contribution is 2.18. The largest absolute Gasteiger partial charge is 0.356 e. The fourth-order valence-electron chi connectivity index (χ4n) is 3.29. The molecule has 0 amide bonds. The Labute approximate surface area is 189 Å². The molecule has 2 N–H and O–H groups in total.